The van der Waals surface area contributed by atoms with Crippen LogP contribution >= 0.6 is 15.9 Å². The molecule has 2 rings (SSSR count). The summed E-state index contributed by atoms with van der Waals surface area (Å²) in [6.45, 7) is -3.02. The van der Waals surface area contributed by atoms with Crippen LogP contribution in [-0.2, 0) is 11.3 Å². The van der Waals surface area contributed by atoms with E-state index in [1.165, 1.54) is 17.1 Å². The Morgan fingerprint density at radius 1 is 1.50 bits per heavy atom. The molecule has 1 amide bonds. The van der Waals surface area contributed by atoms with Crippen molar-refractivity contribution in [2.75, 3.05) is 0 Å². The van der Waals surface area contributed by atoms with Crippen molar-refractivity contribution >= 4 is 21.8 Å². The Balaban J connectivity index is 2.39. The smallest absolute Gasteiger partial charge is 0.387 e. The van der Waals surface area contributed by atoms with Crippen LogP contribution < -0.4 is 10.5 Å². The maximum Gasteiger partial charge on any atom is 0.387 e. The van der Waals surface area contributed by atoms with Gasteiger partial charge in [0.2, 0.25) is 5.91 Å². The molecule has 1 aromatic heterocycles. The minimum absolute atomic E-state index is 0.0149. The van der Waals surface area contributed by atoms with Crippen LogP contribution in [0.3, 0.4) is 0 Å². The summed E-state index contributed by atoms with van der Waals surface area (Å²) < 4.78 is 31.1. The average molecular weight is 346 g/mol. The molecule has 0 spiro atoms. The maximum absolute atomic E-state index is 12.4. The molecule has 0 aliphatic rings. The first kappa shape index (κ1) is 14.4. The van der Waals surface area contributed by atoms with Gasteiger partial charge in [-0.1, -0.05) is 12.1 Å². The summed E-state index contributed by atoms with van der Waals surface area (Å²) in [5.74, 6) is -0.529. The lowest BCUT2D eigenvalue weighted by molar-refractivity contribution is -0.118. The Kier molecular flexibility index (Phi) is 4.33. The number of hydrogen-bond acceptors (Lipinski definition) is 3. The molecule has 0 atom stereocenters. The van der Waals surface area contributed by atoms with Crippen LogP contribution in [0, 0.1) is 0 Å². The lowest BCUT2D eigenvalue weighted by Gasteiger charge is -2.11. The first-order valence-electron chi connectivity index (χ1n) is 5.52. The van der Waals surface area contributed by atoms with Crippen molar-refractivity contribution in [1.29, 1.82) is 0 Å². The van der Waals surface area contributed by atoms with Crippen molar-refractivity contribution < 1.29 is 18.3 Å². The van der Waals surface area contributed by atoms with E-state index < -0.39 is 12.5 Å². The second-order valence-corrected chi connectivity index (χ2v) is 4.74. The van der Waals surface area contributed by atoms with Gasteiger partial charge in [-0.2, -0.15) is 13.9 Å². The lowest BCUT2D eigenvalue weighted by atomic mass is 10.1. The first-order valence-corrected chi connectivity index (χ1v) is 6.31. The van der Waals surface area contributed by atoms with Gasteiger partial charge in [0, 0.05) is 17.3 Å². The van der Waals surface area contributed by atoms with Crippen LogP contribution in [0.1, 0.15) is 0 Å². The zero-order valence-electron chi connectivity index (χ0n) is 10.1. The Bertz CT molecular complexity index is 631. The van der Waals surface area contributed by atoms with Gasteiger partial charge < -0.3 is 10.5 Å². The van der Waals surface area contributed by atoms with E-state index >= 15 is 0 Å². The Labute approximate surface area is 121 Å². The highest BCUT2D eigenvalue weighted by molar-refractivity contribution is 9.10. The number of alkyl halides is 2. The van der Waals surface area contributed by atoms with Gasteiger partial charge in [0.15, 0.2) is 0 Å². The molecule has 0 aliphatic heterocycles. The molecule has 5 nitrogen and oxygen atoms in total. The molecule has 0 saturated heterocycles. The molecule has 0 bridgehead atoms. The van der Waals surface area contributed by atoms with E-state index in [-0.39, 0.29) is 12.3 Å². The fourth-order valence-electron chi connectivity index (χ4n) is 1.69. The quantitative estimate of drug-likeness (QED) is 0.904. The minimum atomic E-state index is -2.94. The van der Waals surface area contributed by atoms with Gasteiger partial charge in [0.05, 0.1) is 10.7 Å². The van der Waals surface area contributed by atoms with Crippen molar-refractivity contribution in [3.8, 4) is 16.9 Å². The summed E-state index contributed by atoms with van der Waals surface area (Å²) in [5.41, 5.74) is 6.05. The summed E-state index contributed by atoms with van der Waals surface area (Å²) in [7, 11) is 0. The van der Waals surface area contributed by atoms with E-state index in [2.05, 4.69) is 25.8 Å². The molecule has 0 saturated carbocycles. The van der Waals surface area contributed by atoms with Gasteiger partial charge in [-0.3, -0.25) is 9.48 Å². The highest BCUT2D eigenvalue weighted by Crippen LogP contribution is 2.37. The van der Waals surface area contributed by atoms with Crippen LogP contribution in [0.2, 0.25) is 0 Å². The molecule has 1 aromatic carbocycles. The molecule has 0 fully saturated rings. The van der Waals surface area contributed by atoms with Crippen molar-refractivity contribution in [3.63, 3.8) is 0 Å². The molecule has 0 unspecified atom stereocenters. The number of ether oxygens (including phenoxy) is 1. The summed E-state index contributed by atoms with van der Waals surface area (Å²) in [5, 5.41) is 3.94. The van der Waals surface area contributed by atoms with Crippen LogP contribution in [0.25, 0.3) is 11.1 Å². The normalized spacial score (nSPS) is 10.8. The number of nitrogens with two attached hydrogens (primary N) is 1. The fourth-order valence-corrected chi connectivity index (χ4v) is 2.15. The van der Waals surface area contributed by atoms with E-state index in [0.29, 0.717) is 15.6 Å². The average Bonchev–Trinajstić information content (AvgIpc) is 2.78. The number of primary amides is 1. The van der Waals surface area contributed by atoms with Crippen molar-refractivity contribution in [2.24, 2.45) is 5.73 Å². The summed E-state index contributed by atoms with van der Waals surface area (Å²) >= 11 is 3.16. The molecule has 0 aliphatic carbocycles. The molecule has 106 valence electrons. The third kappa shape index (κ3) is 3.32. The highest BCUT2D eigenvalue weighted by Gasteiger charge is 2.16. The largest absolute Gasteiger partial charge is 0.433 e. The number of carbonyl (C=O) groups excluding carboxylic acids is 1. The number of nitrogens with zero attached hydrogens (tertiary/aromatic N) is 2. The number of aromatic nitrogens is 2. The van der Waals surface area contributed by atoms with Gasteiger partial charge in [-0.25, -0.2) is 0 Å². The zero-order valence-corrected chi connectivity index (χ0v) is 11.7. The molecule has 20 heavy (non-hydrogen) atoms. The fraction of sp³-hybridized carbons (Fsp3) is 0.167. The number of carbonyl (C=O) groups is 1. The van der Waals surface area contributed by atoms with Crippen LogP contribution in [-0.4, -0.2) is 22.3 Å². The summed E-state index contributed by atoms with van der Waals surface area (Å²) in [6.07, 6.45) is 2.98. The second-order valence-electron chi connectivity index (χ2n) is 3.89. The van der Waals surface area contributed by atoms with E-state index in [4.69, 9.17) is 5.73 Å². The predicted molar refractivity (Wildman–Crippen MR) is 71.2 cm³/mol. The van der Waals surface area contributed by atoms with E-state index in [9.17, 15) is 13.6 Å². The molecular formula is C12H10BrF2N3O2. The van der Waals surface area contributed by atoms with E-state index in [1.54, 1.807) is 18.2 Å². The first-order chi connectivity index (χ1) is 9.47. The molecule has 0 radical (unpaired) electrons. The SMILES string of the molecule is NC(=O)Cn1cc(-c2cccc(Br)c2OC(F)F)cn1. The third-order valence-corrected chi connectivity index (χ3v) is 3.06. The summed E-state index contributed by atoms with van der Waals surface area (Å²) in [6, 6.07) is 4.90. The van der Waals surface area contributed by atoms with E-state index in [0.717, 1.165) is 0 Å². The second kappa shape index (κ2) is 6.00. The van der Waals surface area contributed by atoms with Crippen LogP contribution in [0.15, 0.2) is 35.1 Å². The van der Waals surface area contributed by atoms with Crippen molar-refractivity contribution in [3.05, 3.63) is 35.1 Å². The standard InChI is InChI=1S/C12H10BrF2N3O2/c13-9-3-1-2-8(11(9)20-12(14)15)7-4-17-18(5-7)6-10(16)19/h1-5,12H,6H2,(H2,16,19). The monoisotopic (exact) mass is 345 g/mol. The number of halogens is 3. The molecular weight excluding hydrogens is 336 g/mol. The van der Waals surface area contributed by atoms with Crippen LogP contribution in [0.4, 0.5) is 8.78 Å². The summed E-state index contributed by atoms with van der Waals surface area (Å²) in [4.78, 5) is 10.8. The third-order valence-electron chi connectivity index (χ3n) is 2.44. The maximum atomic E-state index is 12.4. The number of rotatable bonds is 5. The lowest BCUT2D eigenvalue weighted by Crippen LogP contribution is -2.18. The van der Waals surface area contributed by atoms with Gasteiger partial charge in [0.25, 0.3) is 0 Å². The minimum Gasteiger partial charge on any atom is -0.433 e. The Hall–Kier alpha value is -1.96. The van der Waals surface area contributed by atoms with Gasteiger partial charge in [-0.05, 0) is 22.0 Å². The van der Waals surface area contributed by atoms with E-state index in [1.807, 2.05) is 0 Å². The molecule has 2 aromatic rings. The topological polar surface area (TPSA) is 70.1 Å². The molecule has 8 heteroatoms. The molecule has 1 heterocycles. The number of amides is 1. The van der Waals surface area contributed by atoms with Gasteiger partial charge in [-0.15, -0.1) is 0 Å². The van der Waals surface area contributed by atoms with Crippen LogP contribution in [0.5, 0.6) is 5.75 Å². The Morgan fingerprint density at radius 3 is 2.90 bits per heavy atom. The van der Waals surface area contributed by atoms with Gasteiger partial charge in [0.1, 0.15) is 12.3 Å². The molecule has 2 N–H and O–H groups in total. The van der Waals surface area contributed by atoms with Crippen molar-refractivity contribution in [1.82, 2.24) is 9.78 Å². The Morgan fingerprint density at radius 2 is 2.25 bits per heavy atom. The number of benzene rings is 1. The number of hydrogen-bond donors (Lipinski definition) is 1. The van der Waals surface area contributed by atoms with Gasteiger partial charge >= 0.3 is 6.61 Å². The zero-order chi connectivity index (χ0) is 14.7. The number of para-hydroxylation sites is 1. The predicted octanol–water partition coefficient (Wildman–Crippen LogP) is 2.40. The highest BCUT2D eigenvalue weighted by atomic mass is 79.9. The van der Waals surface area contributed by atoms with Crippen molar-refractivity contribution in [2.45, 2.75) is 13.2 Å².